The third kappa shape index (κ3) is 3.67. The number of hydrogen-bond acceptors (Lipinski definition) is 4. The molecule has 4 nitrogen and oxygen atoms in total. The van der Waals surface area contributed by atoms with Crippen molar-refractivity contribution in [2.24, 2.45) is 22.4 Å². The molecule has 3 aliphatic carbocycles. The standard InChI is InChI=1S/C26H36N2O2/c1-26-12-10-23-22-8-6-21(27-29)18-19(22)4-7-24(23)25(26)9-5-20(26)11-16-30-17-15-28-13-2-3-14-28/h6,8,11,18,23-25H,2-5,7,9-10,12-17H2,1H3/b20-11+. The first-order chi connectivity index (χ1) is 14.7. The Morgan fingerprint density at radius 2 is 2.07 bits per heavy atom. The number of benzene rings is 1. The van der Waals surface area contributed by atoms with Gasteiger partial charge in [-0.1, -0.05) is 24.6 Å². The van der Waals surface area contributed by atoms with Crippen LogP contribution in [0.5, 0.6) is 0 Å². The van der Waals surface area contributed by atoms with Crippen molar-refractivity contribution in [1.82, 2.24) is 4.90 Å². The summed E-state index contributed by atoms with van der Waals surface area (Å²) in [5.74, 6) is 2.25. The first-order valence-corrected chi connectivity index (χ1v) is 12.1. The normalized spacial score (nSPS) is 34.6. The van der Waals surface area contributed by atoms with Gasteiger partial charge in [-0.2, -0.15) is 0 Å². The SMILES string of the molecule is CC12CCC3c4ccc(N=O)cc4CCC3C1CC/C2=C\COCCN1CCCC1. The lowest BCUT2D eigenvalue weighted by Crippen LogP contribution is -2.40. The fourth-order valence-electron chi connectivity index (χ4n) is 7.25. The van der Waals surface area contributed by atoms with E-state index in [1.54, 1.807) is 5.57 Å². The second-order valence-electron chi connectivity index (χ2n) is 10.2. The highest BCUT2D eigenvalue weighted by atomic mass is 16.5. The van der Waals surface area contributed by atoms with Crippen molar-refractivity contribution in [2.75, 3.05) is 32.8 Å². The number of fused-ring (bicyclic) bond motifs is 5. The first-order valence-electron chi connectivity index (χ1n) is 12.1. The van der Waals surface area contributed by atoms with Crippen LogP contribution in [0.2, 0.25) is 0 Å². The van der Waals surface area contributed by atoms with Crippen LogP contribution < -0.4 is 0 Å². The summed E-state index contributed by atoms with van der Waals surface area (Å²) in [7, 11) is 0. The molecule has 1 aliphatic heterocycles. The van der Waals surface area contributed by atoms with E-state index in [9.17, 15) is 4.91 Å². The molecule has 0 spiro atoms. The number of nitrogens with zero attached hydrogens (tertiary/aromatic N) is 2. The molecule has 162 valence electrons. The lowest BCUT2D eigenvalue weighted by molar-refractivity contribution is 0.0801. The van der Waals surface area contributed by atoms with Gasteiger partial charge in [-0.25, -0.2) is 0 Å². The van der Waals surface area contributed by atoms with Crippen LogP contribution in [0.4, 0.5) is 5.69 Å². The smallest absolute Gasteiger partial charge is 0.108 e. The van der Waals surface area contributed by atoms with Gasteiger partial charge in [-0.3, -0.25) is 0 Å². The molecular weight excluding hydrogens is 372 g/mol. The van der Waals surface area contributed by atoms with Crippen LogP contribution in [-0.4, -0.2) is 37.7 Å². The summed E-state index contributed by atoms with van der Waals surface area (Å²) in [6.45, 7) is 7.78. The zero-order valence-electron chi connectivity index (χ0n) is 18.4. The molecule has 0 radical (unpaired) electrons. The van der Waals surface area contributed by atoms with E-state index in [1.807, 2.05) is 12.1 Å². The Morgan fingerprint density at radius 3 is 2.90 bits per heavy atom. The zero-order valence-corrected chi connectivity index (χ0v) is 18.4. The number of ether oxygens (including phenoxy) is 1. The summed E-state index contributed by atoms with van der Waals surface area (Å²) < 4.78 is 6.00. The fraction of sp³-hybridized carbons (Fsp3) is 0.692. The molecule has 4 unspecified atom stereocenters. The van der Waals surface area contributed by atoms with E-state index in [2.05, 4.69) is 29.1 Å². The van der Waals surface area contributed by atoms with E-state index in [-0.39, 0.29) is 0 Å². The molecule has 1 aromatic rings. The lowest BCUT2D eigenvalue weighted by atomic mass is 9.55. The van der Waals surface area contributed by atoms with E-state index in [4.69, 9.17) is 4.74 Å². The molecule has 3 fully saturated rings. The number of aryl methyl sites for hydroxylation is 1. The first kappa shape index (κ1) is 20.4. The molecule has 0 bridgehead atoms. The Labute approximate surface area is 181 Å². The van der Waals surface area contributed by atoms with E-state index >= 15 is 0 Å². The van der Waals surface area contributed by atoms with Crippen LogP contribution in [0.15, 0.2) is 35.0 Å². The predicted molar refractivity (Wildman–Crippen MR) is 121 cm³/mol. The zero-order chi connectivity index (χ0) is 20.6. The number of nitroso groups, excluding NO2 is 1. The highest BCUT2D eigenvalue weighted by Gasteiger charge is 2.52. The van der Waals surface area contributed by atoms with E-state index in [0.717, 1.165) is 38.0 Å². The maximum absolute atomic E-state index is 10.9. The van der Waals surface area contributed by atoms with E-state index in [1.165, 1.54) is 69.2 Å². The molecule has 1 aromatic carbocycles. The summed E-state index contributed by atoms with van der Waals surface area (Å²) in [5.41, 5.74) is 5.49. The van der Waals surface area contributed by atoms with Gasteiger partial charge in [-0.15, -0.1) is 4.91 Å². The average molecular weight is 409 g/mol. The van der Waals surface area contributed by atoms with Gasteiger partial charge in [-0.05, 0) is 116 Å². The number of hydrogen-bond donors (Lipinski definition) is 0. The molecule has 1 heterocycles. The molecule has 0 aromatic heterocycles. The van der Waals surface area contributed by atoms with E-state index < -0.39 is 0 Å². The van der Waals surface area contributed by atoms with Crippen molar-refractivity contribution < 1.29 is 4.74 Å². The minimum absolute atomic E-state index is 0.362. The number of likely N-dealkylation sites (tertiary alicyclic amines) is 1. The quantitative estimate of drug-likeness (QED) is 0.330. The van der Waals surface area contributed by atoms with Crippen molar-refractivity contribution >= 4 is 5.69 Å². The van der Waals surface area contributed by atoms with Gasteiger partial charge in [0.1, 0.15) is 5.69 Å². The Bertz CT molecular complexity index is 813. The molecule has 4 atom stereocenters. The number of allylic oxidation sites excluding steroid dienone is 1. The fourth-order valence-corrected chi connectivity index (χ4v) is 7.25. The molecule has 1 saturated heterocycles. The average Bonchev–Trinajstić information content (AvgIpc) is 3.40. The van der Waals surface area contributed by atoms with Crippen molar-refractivity contribution in [3.8, 4) is 0 Å². The molecule has 5 rings (SSSR count). The Kier molecular flexibility index (Phi) is 5.81. The molecule has 30 heavy (non-hydrogen) atoms. The van der Waals surface area contributed by atoms with Crippen LogP contribution in [0.3, 0.4) is 0 Å². The Balaban J connectivity index is 1.23. The molecule has 4 heteroatoms. The third-order valence-electron chi connectivity index (χ3n) is 8.86. The van der Waals surface area contributed by atoms with Crippen molar-refractivity contribution in [1.29, 1.82) is 0 Å². The molecule has 0 N–H and O–H groups in total. The topological polar surface area (TPSA) is 41.9 Å². The summed E-state index contributed by atoms with van der Waals surface area (Å²) >= 11 is 0. The van der Waals surface area contributed by atoms with Crippen LogP contribution in [0, 0.1) is 22.2 Å². The van der Waals surface area contributed by atoms with Gasteiger partial charge in [0.2, 0.25) is 0 Å². The van der Waals surface area contributed by atoms with Gasteiger partial charge in [0, 0.05) is 6.54 Å². The van der Waals surface area contributed by atoms with Crippen LogP contribution in [0.25, 0.3) is 0 Å². The molecule has 2 saturated carbocycles. The predicted octanol–water partition coefficient (Wildman–Crippen LogP) is 5.98. The van der Waals surface area contributed by atoms with Crippen LogP contribution in [-0.2, 0) is 11.2 Å². The molecule has 4 aliphatic rings. The highest BCUT2D eigenvalue weighted by Crippen LogP contribution is 2.62. The largest absolute Gasteiger partial charge is 0.376 e. The van der Waals surface area contributed by atoms with Crippen molar-refractivity contribution in [2.45, 2.75) is 64.2 Å². The van der Waals surface area contributed by atoms with Gasteiger partial charge in [0.15, 0.2) is 0 Å². The summed E-state index contributed by atoms with van der Waals surface area (Å²) in [6.07, 6.45) is 12.6. The summed E-state index contributed by atoms with van der Waals surface area (Å²) in [4.78, 5) is 13.5. The van der Waals surface area contributed by atoms with Crippen LogP contribution in [0.1, 0.15) is 68.9 Å². The van der Waals surface area contributed by atoms with Crippen molar-refractivity contribution in [3.63, 3.8) is 0 Å². The maximum Gasteiger partial charge on any atom is 0.108 e. The Hall–Kier alpha value is -1.52. The molecule has 0 amide bonds. The second-order valence-corrected chi connectivity index (χ2v) is 10.2. The second kappa shape index (κ2) is 8.55. The summed E-state index contributed by atoms with van der Waals surface area (Å²) in [5, 5.41) is 3.15. The number of rotatable bonds is 6. The van der Waals surface area contributed by atoms with Crippen molar-refractivity contribution in [3.05, 3.63) is 45.9 Å². The summed E-state index contributed by atoms with van der Waals surface area (Å²) in [6, 6.07) is 6.15. The minimum Gasteiger partial charge on any atom is -0.376 e. The Morgan fingerprint density at radius 1 is 1.20 bits per heavy atom. The maximum atomic E-state index is 10.9. The monoisotopic (exact) mass is 408 g/mol. The van der Waals surface area contributed by atoms with Gasteiger partial charge >= 0.3 is 0 Å². The van der Waals surface area contributed by atoms with Crippen LogP contribution >= 0.6 is 0 Å². The highest BCUT2D eigenvalue weighted by molar-refractivity contribution is 5.47. The third-order valence-corrected chi connectivity index (χ3v) is 8.86. The van der Waals surface area contributed by atoms with Gasteiger partial charge in [0.25, 0.3) is 0 Å². The van der Waals surface area contributed by atoms with Gasteiger partial charge < -0.3 is 9.64 Å². The van der Waals surface area contributed by atoms with Gasteiger partial charge in [0.05, 0.1) is 13.2 Å². The molecular formula is C26H36N2O2. The minimum atomic E-state index is 0.362. The lowest BCUT2D eigenvalue weighted by Gasteiger charge is -2.49. The van der Waals surface area contributed by atoms with E-state index in [0.29, 0.717) is 17.0 Å².